The SMILES string of the molecule is O=C(NCC1CCCO1)N1CCCC(C2OCCO2)C1. The Morgan fingerprint density at radius 1 is 1.10 bits per heavy atom. The van der Waals surface area contributed by atoms with Gasteiger partial charge < -0.3 is 24.4 Å². The predicted octanol–water partition coefficient (Wildman–Crippen LogP) is 0.960. The number of piperidine rings is 1. The van der Waals surface area contributed by atoms with Crippen LogP contribution in [0.3, 0.4) is 0 Å². The Bertz CT molecular complexity index is 327. The minimum absolute atomic E-state index is 0.0168. The van der Waals surface area contributed by atoms with Gasteiger partial charge in [-0.1, -0.05) is 0 Å². The maximum Gasteiger partial charge on any atom is 0.317 e. The lowest BCUT2D eigenvalue weighted by atomic mass is 9.98. The van der Waals surface area contributed by atoms with Crippen LogP contribution < -0.4 is 5.32 Å². The van der Waals surface area contributed by atoms with Crippen molar-refractivity contribution in [2.24, 2.45) is 5.92 Å². The molecule has 0 aromatic carbocycles. The van der Waals surface area contributed by atoms with E-state index in [0.717, 1.165) is 45.4 Å². The number of ether oxygens (including phenoxy) is 3. The average Bonchev–Trinajstić information content (AvgIpc) is 3.18. The van der Waals surface area contributed by atoms with Crippen LogP contribution >= 0.6 is 0 Å². The molecule has 3 aliphatic heterocycles. The summed E-state index contributed by atoms with van der Waals surface area (Å²) >= 11 is 0. The third-order valence-corrected chi connectivity index (χ3v) is 4.28. The molecule has 2 unspecified atom stereocenters. The highest BCUT2D eigenvalue weighted by Gasteiger charge is 2.32. The second kappa shape index (κ2) is 6.74. The number of carbonyl (C=O) groups is 1. The van der Waals surface area contributed by atoms with Crippen LogP contribution in [0.15, 0.2) is 0 Å². The van der Waals surface area contributed by atoms with Crippen molar-refractivity contribution in [1.82, 2.24) is 10.2 Å². The van der Waals surface area contributed by atoms with Gasteiger partial charge in [-0.3, -0.25) is 0 Å². The number of nitrogens with zero attached hydrogens (tertiary/aromatic N) is 1. The molecule has 3 rings (SSSR count). The Kier molecular flexibility index (Phi) is 4.75. The van der Waals surface area contributed by atoms with Gasteiger partial charge >= 0.3 is 6.03 Å². The summed E-state index contributed by atoms with van der Waals surface area (Å²) in [5.41, 5.74) is 0. The average molecular weight is 284 g/mol. The summed E-state index contributed by atoms with van der Waals surface area (Å²) in [6, 6.07) is 0.0168. The predicted molar refractivity (Wildman–Crippen MR) is 72.4 cm³/mol. The molecule has 3 saturated heterocycles. The molecule has 0 spiro atoms. The number of nitrogens with one attached hydrogen (secondary N) is 1. The van der Waals surface area contributed by atoms with E-state index >= 15 is 0 Å². The maximum atomic E-state index is 12.2. The number of carbonyl (C=O) groups excluding carboxylic acids is 1. The van der Waals surface area contributed by atoms with Gasteiger partial charge in [0.25, 0.3) is 0 Å². The highest BCUT2D eigenvalue weighted by molar-refractivity contribution is 5.74. The number of hydrogen-bond donors (Lipinski definition) is 1. The molecule has 2 amide bonds. The second-order valence-electron chi connectivity index (χ2n) is 5.78. The van der Waals surface area contributed by atoms with Gasteiger partial charge in [0.1, 0.15) is 0 Å². The molecule has 0 radical (unpaired) electrons. The molecule has 0 saturated carbocycles. The van der Waals surface area contributed by atoms with Crippen molar-refractivity contribution < 1.29 is 19.0 Å². The third kappa shape index (κ3) is 3.42. The zero-order chi connectivity index (χ0) is 13.8. The molecule has 3 aliphatic rings. The Morgan fingerprint density at radius 3 is 2.70 bits per heavy atom. The van der Waals surface area contributed by atoms with E-state index in [0.29, 0.717) is 25.7 Å². The fourth-order valence-electron chi connectivity index (χ4n) is 3.18. The molecule has 3 fully saturated rings. The van der Waals surface area contributed by atoms with Crippen molar-refractivity contribution in [3.63, 3.8) is 0 Å². The number of amides is 2. The second-order valence-corrected chi connectivity index (χ2v) is 5.78. The molecule has 6 heteroatoms. The van der Waals surface area contributed by atoms with Crippen LogP contribution in [-0.2, 0) is 14.2 Å². The van der Waals surface area contributed by atoms with Crippen molar-refractivity contribution in [2.45, 2.75) is 38.1 Å². The topological polar surface area (TPSA) is 60.0 Å². The smallest absolute Gasteiger partial charge is 0.317 e. The molecule has 20 heavy (non-hydrogen) atoms. The van der Waals surface area contributed by atoms with Gasteiger partial charge in [0.2, 0.25) is 0 Å². The first kappa shape index (κ1) is 14.1. The van der Waals surface area contributed by atoms with Crippen molar-refractivity contribution in [3.8, 4) is 0 Å². The van der Waals surface area contributed by atoms with Gasteiger partial charge in [-0.05, 0) is 25.7 Å². The zero-order valence-electron chi connectivity index (χ0n) is 11.9. The van der Waals surface area contributed by atoms with Crippen molar-refractivity contribution in [2.75, 3.05) is 39.5 Å². The summed E-state index contributed by atoms with van der Waals surface area (Å²) in [6.07, 6.45) is 4.31. The lowest BCUT2D eigenvalue weighted by Crippen LogP contribution is -2.49. The van der Waals surface area contributed by atoms with Crippen LogP contribution in [0.5, 0.6) is 0 Å². The normalized spacial score (nSPS) is 31.7. The van der Waals surface area contributed by atoms with Gasteiger partial charge in [-0.25, -0.2) is 4.79 Å². The summed E-state index contributed by atoms with van der Waals surface area (Å²) < 4.78 is 16.6. The first-order valence-corrected chi connectivity index (χ1v) is 7.70. The van der Waals surface area contributed by atoms with E-state index in [9.17, 15) is 4.79 Å². The summed E-state index contributed by atoms with van der Waals surface area (Å²) in [5, 5.41) is 2.99. The highest BCUT2D eigenvalue weighted by Crippen LogP contribution is 2.24. The van der Waals surface area contributed by atoms with Crippen molar-refractivity contribution in [1.29, 1.82) is 0 Å². The fraction of sp³-hybridized carbons (Fsp3) is 0.929. The van der Waals surface area contributed by atoms with E-state index in [-0.39, 0.29) is 18.4 Å². The number of urea groups is 1. The standard InChI is InChI=1S/C14H24N2O4/c17-14(15-9-12-4-2-6-18-12)16-5-1-3-11(10-16)13-19-7-8-20-13/h11-13H,1-10H2,(H,15,17). The first-order valence-electron chi connectivity index (χ1n) is 7.70. The summed E-state index contributed by atoms with van der Waals surface area (Å²) in [4.78, 5) is 14.1. The van der Waals surface area contributed by atoms with E-state index in [2.05, 4.69) is 5.32 Å². The van der Waals surface area contributed by atoms with Gasteiger partial charge in [0.05, 0.1) is 19.3 Å². The molecule has 3 heterocycles. The zero-order valence-corrected chi connectivity index (χ0v) is 11.9. The molecule has 6 nitrogen and oxygen atoms in total. The molecule has 0 aromatic rings. The van der Waals surface area contributed by atoms with E-state index in [1.165, 1.54) is 0 Å². The third-order valence-electron chi connectivity index (χ3n) is 4.28. The summed E-state index contributed by atoms with van der Waals surface area (Å²) in [5.74, 6) is 0.305. The van der Waals surface area contributed by atoms with Crippen LogP contribution in [0.25, 0.3) is 0 Å². The Labute approximate surface area is 119 Å². The fourth-order valence-corrected chi connectivity index (χ4v) is 3.18. The number of rotatable bonds is 3. The van der Waals surface area contributed by atoms with Crippen molar-refractivity contribution in [3.05, 3.63) is 0 Å². The molecule has 0 bridgehead atoms. The van der Waals surface area contributed by atoms with Crippen LogP contribution in [0, 0.1) is 5.92 Å². The van der Waals surface area contributed by atoms with Crippen LogP contribution in [0.2, 0.25) is 0 Å². The summed E-state index contributed by atoms with van der Waals surface area (Å²) in [7, 11) is 0. The highest BCUT2D eigenvalue weighted by atomic mass is 16.7. The van der Waals surface area contributed by atoms with E-state index in [1.807, 2.05) is 4.90 Å². The Morgan fingerprint density at radius 2 is 1.95 bits per heavy atom. The van der Waals surface area contributed by atoms with E-state index in [4.69, 9.17) is 14.2 Å². The molecular formula is C14H24N2O4. The molecule has 1 N–H and O–H groups in total. The molecule has 2 atom stereocenters. The van der Waals surface area contributed by atoms with Crippen LogP contribution in [-0.4, -0.2) is 62.8 Å². The Balaban J connectivity index is 1.44. The first-order chi connectivity index (χ1) is 9.83. The summed E-state index contributed by atoms with van der Waals surface area (Å²) in [6.45, 7) is 4.33. The van der Waals surface area contributed by atoms with Gasteiger partial charge in [0, 0.05) is 32.2 Å². The van der Waals surface area contributed by atoms with E-state index < -0.39 is 0 Å². The molecular weight excluding hydrogens is 260 g/mol. The number of hydrogen-bond acceptors (Lipinski definition) is 4. The monoisotopic (exact) mass is 284 g/mol. The minimum atomic E-state index is -0.122. The molecule has 0 aliphatic carbocycles. The van der Waals surface area contributed by atoms with Gasteiger partial charge in [0.15, 0.2) is 6.29 Å². The quantitative estimate of drug-likeness (QED) is 0.838. The van der Waals surface area contributed by atoms with Gasteiger partial charge in [-0.2, -0.15) is 0 Å². The Hall–Kier alpha value is -0.850. The molecule has 0 aromatic heterocycles. The van der Waals surface area contributed by atoms with E-state index in [1.54, 1.807) is 0 Å². The largest absolute Gasteiger partial charge is 0.376 e. The van der Waals surface area contributed by atoms with Crippen LogP contribution in [0.4, 0.5) is 4.79 Å². The van der Waals surface area contributed by atoms with Crippen molar-refractivity contribution >= 4 is 6.03 Å². The minimum Gasteiger partial charge on any atom is -0.376 e. The lowest BCUT2D eigenvalue weighted by molar-refractivity contribution is -0.0963. The lowest BCUT2D eigenvalue weighted by Gasteiger charge is -2.34. The maximum absolute atomic E-state index is 12.2. The molecule has 114 valence electrons. The van der Waals surface area contributed by atoms with Crippen LogP contribution in [0.1, 0.15) is 25.7 Å². The van der Waals surface area contributed by atoms with Gasteiger partial charge in [-0.15, -0.1) is 0 Å². The number of likely N-dealkylation sites (tertiary alicyclic amines) is 1.